The monoisotopic (exact) mass is 342 g/mol. The quantitative estimate of drug-likeness (QED) is 0.719. The molecule has 4 rings (SSSR count). The van der Waals surface area contributed by atoms with Gasteiger partial charge in [0.1, 0.15) is 6.54 Å². The van der Waals surface area contributed by atoms with Gasteiger partial charge in [-0.1, -0.05) is 35.9 Å². The summed E-state index contributed by atoms with van der Waals surface area (Å²) in [5, 5.41) is 0.497. The Balaban J connectivity index is 1.60. The molecule has 0 saturated carbocycles. The van der Waals surface area contributed by atoms with Gasteiger partial charge in [0.05, 0.1) is 5.52 Å². The van der Waals surface area contributed by atoms with Crippen LogP contribution in [0.2, 0.25) is 5.02 Å². The number of hydrogen-bond donors (Lipinski definition) is 0. The molecule has 2 heterocycles. The van der Waals surface area contributed by atoms with Crippen LogP contribution in [0.15, 0.2) is 51.7 Å². The Morgan fingerprint density at radius 3 is 2.79 bits per heavy atom. The van der Waals surface area contributed by atoms with E-state index in [4.69, 9.17) is 16.0 Å². The van der Waals surface area contributed by atoms with Gasteiger partial charge in [0.15, 0.2) is 5.58 Å². The van der Waals surface area contributed by atoms with Crippen LogP contribution in [0.1, 0.15) is 11.1 Å². The molecule has 5 nitrogen and oxygen atoms in total. The summed E-state index contributed by atoms with van der Waals surface area (Å²) in [6.45, 7) is 1.18. The maximum atomic E-state index is 12.6. The Morgan fingerprint density at radius 2 is 1.96 bits per heavy atom. The van der Waals surface area contributed by atoms with Crippen LogP contribution in [0.3, 0.4) is 0 Å². The normalized spacial score (nSPS) is 14.0. The second-order valence-corrected chi connectivity index (χ2v) is 6.34. The highest BCUT2D eigenvalue weighted by atomic mass is 35.5. The average Bonchev–Trinajstić information content (AvgIpc) is 2.89. The maximum Gasteiger partial charge on any atom is 0.420 e. The summed E-state index contributed by atoms with van der Waals surface area (Å²) >= 11 is 5.99. The van der Waals surface area contributed by atoms with E-state index in [0.29, 0.717) is 29.2 Å². The molecule has 3 aromatic rings. The van der Waals surface area contributed by atoms with E-state index in [2.05, 4.69) is 6.07 Å². The third kappa shape index (κ3) is 2.61. The van der Waals surface area contributed by atoms with E-state index in [9.17, 15) is 9.59 Å². The molecule has 2 aromatic carbocycles. The van der Waals surface area contributed by atoms with Crippen molar-refractivity contribution in [3.63, 3.8) is 0 Å². The van der Waals surface area contributed by atoms with Crippen LogP contribution >= 0.6 is 11.6 Å². The molecule has 0 spiro atoms. The average molecular weight is 343 g/mol. The van der Waals surface area contributed by atoms with Gasteiger partial charge in [0.25, 0.3) is 0 Å². The molecule has 122 valence electrons. The fourth-order valence-corrected chi connectivity index (χ4v) is 3.30. The molecule has 0 radical (unpaired) electrons. The van der Waals surface area contributed by atoms with E-state index in [0.717, 1.165) is 12.0 Å². The van der Waals surface area contributed by atoms with Crippen molar-refractivity contribution in [2.24, 2.45) is 0 Å². The van der Waals surface area contributed by atoms with Gasteiger partial charge < -0.3 is 9.32 Å². The van der Waals surface area contributed by atoms with Crippen molar-refractivity contribution in [2.75, 3.05) is 6.54 Å². The van der Waals surface area contributed by atoms with E-state index in [1.165, 1.54) is 10.1 Å². The molecule has 0 saturated heterocycles. The zero-order valence-electron chi connectivity index (χ0n) is 12.9. The molecule has 0 fully saturated rings. The third-order valence-electron chi connectivity index (χ3n) is 4.41. The predicted molar refractivity (Wildman–Crippen MR) is 91.0 cm³/mol. The molecule has 0 bridgehead atoms. The molecule has 1 aromatic heterocycles. The number of rotatable bonds is 2. The lowest BCUT2D eigenvalue weighted by molar-refractivity contribution is -0.132. The Kier molecular flexibility index (Phi) is 3.65. The number of benzene rings is 2. The van der Waals surface area contributed by atoms with Gasteiger partial charge in [-0.3, -0.25) is 9.36 Å². The third-order valence-corrected chi connectivity index (χ3v) is 4.64. The van der Waals surface area contributed by atoms with Crippen molar-refractivity contribution in [1.82, 2.24) is 9.47 Å². The van der Waals surface area contributed by atoms with Crippen molar-refractivity contribution >= 4 is 28.6 Å². The van der Waals surface area contributed by atoms with Crippen molar-refractivity contribution in [2.45, 2.75) is 19.5 Å². The lowest BCUT2D eigenvalue weighted by Gasteiger charge is -2.28. The largest absolute Gasteiger partial charge is 0.420 e. The van der Waals surface area contributed by atoms with E-state index < -0.39 is 5.76 Å². The fraction of sp³-hybridized carbons (Fsp3) is 0.222. The van der Waals surface area contributed by atoms with Crippen molar-refractivity contribution in [3.8, 4) is 0 Å². The minimum absolute atomic E-state index is 0.0473. The van der Waals surface area contributed by atoms with Crippen molar-refractivity contribution in [3.05, 3.63) is 69.2 Å². The first-order chi connectivity index (χ1) is 11.6. The number of hydrogen-bond acceptors (Lipinski definition) is 3. The topological polar surface area (TPSA) is 55.5 Å². The minimum atomic E-state index is -0.543. The number of fused-ring (bicyclic) bond motifs is 2. The minimum Gasteiger partial charge on any atom is -0.408 e. The molecule has 0 atom stereocenters. The van der Waals surface area contributed by atoms with E-state index in [1.807, 2.05) is 18.2 Å². The first-order valence-corrected chi connectivity index (χ1v) is 8.13. The molecule has 0 N–H and O–H groups in total. The Bertz CT molecular complexity index is 989. The zero-order valence-corrected chi connectivity index (χ0v) is 13.6. The van der Waals surface area contributed by atoms with Gasteiger partial charge in [-0.25, -0.2) is 4.79 Å². The Hall–Kier alpha value is -2.53. The fourth-order valence-electron chi connectivity index (χ4n) is 3.13. The Morgan fingerprint density at radius 1 is 1.17 bits per heavy atom. The SMILES string of the molecule is O=C(Cn1c(=O)oc2ccc(Cl)cc21)N1CCc2ccccc2C1. The molecule has 0 aliphatic carbocycles. The number of carbonyl (C=O) groups is 1. The summed E-state index contributed by atoms with van der Waals surface area (Å²) in [4.78, 5) is 26.5. The highest BCUT2D eigenvalue weighted by Crippen LogP contribution is 2.21. The van der Waals surface area contributed by atoms with Crippen LogP contribution in [-0.4, -0.2) is 21.9 Å². The second kappa shape index (κ2) is 5.83. The number of amides is 1. The van der Waals surface area contributed by atoms with Crippen LogP contribution in [0.25, 0.3) is 11.1 Å². The zero-order chi connectivity index (χ0) is 16.7. The molecule has 0 unspecified atom stereocenters. The maximum absolute atomic E-state index is 12.6. The molecular formula is C18H15ClN2O3. The van der Waals surface area contributed by atoms with Crippen molar-refractivity contribution in [1.29, 1.82) is 0 Å². The Labute approximate surface area is 143 Å². The molecule has 24 heavy (non-hydrogen) atoms. The first kappa shape index (κ1) is 15.0. The highest BCUT2D eigenvalue weighted by molar-refractivity contribution is 6.31. The molecule has 6 heteroatoms. The number of carbonyl (C=O) groups excluding carboxylic acids is 1. The van der Waals surface area contributed by atoms with E-state index in [-0.39, 0.29) is 12.5 Å². The van der Waals surface area contributed by atoms with Gasteiger partial charge in [0, 0.05) is 18.1 Å². The van der Waals surface area contributed by atoms with Crippen LogP contribution in [-0.2, 0) is 24.3 Å². The van der Waals surface area contributed by atoms with E-state index in [1.54, 1.807) is 23.1 Å². The summed E-state index contributed by atoms with van der Waals surface area (Å²) in [6, 6.07) is 13.0. The van der Waals surface area contributed by atoms with Gasteiger partial charge in [0.2, 0.25) is 5.91 Å². The van der Waals surface area contributed by atoms with Gasteiger partial charge in [-0.2, -0.15) is 0 Å². The summed E-state index contributed by atoms with van der Waals surface area (Å²) in [7, 11) is 0. The summed E-state index contributed by atoms with van der Waals surface area (Å²) < 4.78 is 6.51. The van der Waals surface area contributed by atoms with Gasteiger partial charge in [-0.15, -0.1) is 0 Å². The van der Waals surface area contributed by atoms with Gasteiger partial charge in [-0.05, 0) is 35.7 Å². The van der Waals surface area contributed by atoms with Crippen LogP contribution < -0.4 is 5.76 Å². The summed E-state index contributed by atoms with van der Waals surface area (Å²) in [5.41, 5.74) is 3.41. The highest BCUT2D eigenvalue weighted by Gasteiger charge is 2.22. The number of halogens is 1. The second-order valence-electron chi connectivity index (χ2n) is 5.90. The lowest BCUT2D eigenvalue weighted by atomic mass is 10.00. The van der Waals surface area contributed by atoms with Crippen LogP contribution in [0.5, 0.6) is 0 Å². The first-order valence-electron chi connectivity index (χ1n) is 7.75. The number of nitrogens with zero attached hydrogens (tertiary/aromatic N) is 2. The van der Waals surface area contributed by atoms with E-state index >= 15 is 0 Å². The van der Waals surface area contributed by atoms with Crippen LogP contribution in [0.4, 0.5) is 0 Å². The summed E-state index contributed by atoms with van der Waals surface area (Å²) in [5.74, 6) is -0.646. The standard InChI is InChI=1S/C18H15ClN2O3/c19-14-5-6-16-15(9-14)21(18(23)24-16)11-17(22)20-8-7-12-3-1-2-4-13(12)10-20/h1-6,9H,7-8,10-11H2. The predicted octanol–water partition coefficient (Wildman–Crippen LogP) is 2.83. The molecule has 1 aliphatic rings. The number of aromatic nitrogens is 1. The summed E-state index contributed by atoms with van der Waals surface area (Å²) in [6.07, 6.45) is 0.828. The smallest absolute Gasteiger partial charge is 0.408 e. The number of oxazole rings is 1. The van der Waals surface area contributed by atoms with Crippen LogP contribution in [0, 0.1) is 0 Å². The molecule has 1 amide bonds. The van der Waals surface area contributed by atoms with Crippen molar-refractivity contribution < 1.29 is 9.21 Å². The van der Waals surface area contributed by atoms with Gasteiger partial charge >= 0.3 is 5.76 Å². The molecule has 1 aliphatic heterocycles. The molecular weight excluding hydrogens is 328 g/mol. The lowest BCUT2D eigenvalue weighted by Crippen LogP contribution is -2.39.